The van der Waals surface area contributed by atoms with E-state index in [0.717, 1.165) is 32.4 Å². The largest absolute Gasteiger partial charge is 0.346 e. The number of benzene rings is 1. The molecule has 1 aromatic heterocycles. The minimum atomic E-state index is -0.473. The molecule has 1 aliphatic rings. The third-order valence-corrected chi connectivity index (χ3v) is 3.48. The number of carbonyl (C=O) groups excluding carboxylic acids is 1. The van der Waals surface area contributed by atoms with Gasteiger partial charge < -0.3 is 9.88 Å². The first-order valence-electron chi connectivity index (χ1n) is 6.54. The minimum Gasteiger partial charge on any atom is -0.337 e. The molecule has 1 aliphatic heterocycles. The standard InChI is InChI=1S/C14H15N3O2/c18-13(17-8-4-1-5-9-17)12-10-6-2-3-7-11(10)15-14(19)16-12/h2-3,6-7H,1,4-5,8-9H2,(H,15,16,19). The van der Waals surface area contributed by atoms with Crippen LogP contribution < -0.4 is 5.69 Å². The summed E-state index contributed by atoms with van der Waals surface area (Å²) in [6, 6.07) is 7.27. The van der Waals surface area contributed by atoms with Crippen LogP contribution in [-0.4, -0.2) is 33.9 Å². The predicted octanol–water partition coefficient (Wildman–Crippen LogP) is 1.55. The van der Waals surface area contributed by atoms with Gasteiger partial charge in [-0.15, -0.1) is 0 Å². The van der Waals surface area contributed by atoms with Crippen LogP contribution in [0, 0.1) is 0 Å². The van der Waals surface area contributed by atoms with Gasteiger partial charge in [0.2, 0.25) is 0 Å². The van der Waals surface area contributed by atoms with Crippen LogP contribution in [0.3, 0.4) is 0 Å². The van der Waals surface area contributed by atoms with E-state index in [2.05, 4.69) is 9.97 Å². The average molecular weight is 257 g/mol. The molecule has 2 heterocycles. The van der Waals surface area contributed by atoms with Crippen molar-refractivity contribution in [2.75, 3.05) is 13.1 Å². The maximum Gasteiger partial charge on any atom is 0.346 e. The SMILES string of the molecule is O=C(c1nc(=O)[nH]c2ccccc12)N1CCCCC1. The highest BCUT2D eigenvalue weighted by Gasteiger charge is 2.21. The van der Waals surface area contributed by atoms with Crippen LogP contribution in [0.5, 0.6) is 0 Å². The zero-order valence-corrected chi connectivity index (χ0v) is 10.6. The van der Waals surface area contributed by atoms with Crippen molar-refractivity contribution in [1.82, 2.24) is 14.9 Å². The molecular formula is C14H15N3O2. The predicted molar refractivity (Wildman–Crippen MR) is 72.1 cm³/mol. The second-order valence-electron chi connectivity index (χ2n) is 4.79. The van der Waals surface area contributed by atoms with E-state index in [0.29, 0.717) is 10.9 Å². The van der Waals surface area contributed by atoms with Crippen molar-refractivity contribution in [3.8, 4) is 0 Å². The van der Waals surface area contributed by atoms with Gasteiger partial charge in [-0.3, -0.25) is 4.79 Å². The number of nitrogens with zero attached hydrogens (tertiary/aromatic N) is 2. The number of para-hydroxylation sites is 1. The van der Waals surface area contributed by atoms with E-state index in [4.69, 9.17) is 0 Å². The minimum absolute atomic E-state index is 0.137. The van der Waals surface area contributed by atoms with Crippen molar-refractivity contribution in [3.63, 3.8) is 0 Å². The van der Waals surface area contributed by atoms with Crippen LogP contribution in [0.4, 0.5) is 0 Å². The van der Waals surface area contributed by atoms with Crippen molar-refractivity contribution in [3.05, 3.63) is 40.4 Å². The summed E-state index contributed by atoms with van der Waals surface area (Å²) in [5.74, 6) is -0.137. The first kappa shape index (κ1) is 11.9. The normalized spacial score (nSPS) is 15.7. The number of piperidine rings is 1. The Kier molecular flexibility index (Phi) is 3.03. The molecule has 0 aliphatic carbocycles. The van der Waals surface area contributed by atoms with Crippen LogP contribution >= 0.6 is 0 Å². The first-order valence-corrected chi connectivity index (χ1v) is 6.54. The Labute approximate surface area is 110 Å². The molecule has 19 heavy (non-hydrogen) atoms. The summed E-state index contributed by atoms with van der Waals surface area (Å²) < 4.78 is 0. The molecule has 2 aromatic rings. The molecule has 1 saturated heterocycles. The highest BCUT2D eigenvalue weighted by molar-refractivity contribution is 6.04. The van der Waals surface area contributed by atoms with Gasteiger partial charge in [0.25, 0.3) is 5.91 Å². The van der Waals surface area contributed by atoms with E-state index in [9.17, 15) is 9.59 Å². The number of aromatic nitrogens is 2. The van der Waals surface area contributed by atoms with Gasteiger partial charge in [-0.05, 0) is 25.3 Å². The molecular weight excluding hydrogens is 242 g/mol. The van der Waals surface area contributed by atoms with E-state index in [1.807, 2.05) is 18.2 Å². The smallest absolute Gasteiger partial charge is 0.337 e. The summed E-state index contributed by atoms with van der Waals surface area (Å²) in [5, 5.41) is 0.706. The lowest BCUT2D eigenvalue weighted by Crippen LogP contribution is -2.37. The summed E-state index contributed by atoms with van der Waals surface area (Å²) in [6.07, 6.45) is 3.20. The van der Waals surface area contributed by atoms with E-state index in [1.165, 1.54) is 0 Å². The number of H-pyrrole nitrogens is 1. The number of aromatic amines is 1. The number of amides is 1. The molecule has 0 atom stereocenters. The quantitative estimate of drug-likeness (QED) is 0.843. The van der Waals surface area contributed by atoms with Gasteiger partial charge in [0, 0.05) is 18.5 Å². The second-order valence-corrected chi connectivity index (χ2v) is 4.79. The number of likely N-dealkylation sites (tertiary alicyclic amines) is 1. The maximum atomic E-state index is 12.5. The summed E-state index contributed by atoms with van der Waals surface area (Å²) in [7, 11) is 0. The average Bonchev–Trinajstić information content (AvgIpc) is 2.46. The lowest BCUT2D eigenvalue weighted by atomic mass is 10.1. The van der Waals surface area contributed by atoms with Crippen LogP contribution in [0.15, 0.2) is 29.1 Å². The lowest BCUT2D eigenvalue weighted by molar-refractivity contribution is 0.0720. The van der Waals surface area contributed by atoms with E-state index in [-0.39, 0.29) is 11.6 Å². The van der Waals surface area contributed by atoms with Gasteiger partial charge in [0.05, 0.1) is 5.52 Å². The molecule has 1 fully saturated rings. The Morgan fingerprint density at radius 2 is 1.89 bits per heavy atom. The number of rotatable bonds is 1. The summed E-state index contributed by atoms with van der Waals surface area (Å²) >= 11 is 0. The van der Waals surface area contributed by atoms with Gasteiger partial charge in [-0.1, -0.05) is 18.2 Å². The van der Waals surface area contributed by atoms with Gasteiger partial charge in [0.1, 0.15) is 5.69 Å². The molecule has 98 valence electrons. The fourth-order valence-electron chi connectivity index (χ4n) is 2.51. The fourth-order valence-corrected chi connectivity index (χ4v) is 2.51. The van der Waals surface area contributed by atoms with Crippen molar-refractivity contribution < 1.29 is 4.79 Å². The Morgan fingerprint density at radius 3 is 2.68 bits per heavy atom. The van der Waals surface area contributed by atoms with E-state index >= 15 is 0 Å². The van der Waals surface area contributed by atoms with Gasteiger partial charge in [-0.25, -0.2) is 4.79 Å². The fraction of sp³-hybridized carbons (Fsp3) is 0.357. The summed E-state index contributed by atoms with van der Waals surface area (Å²) in [4.78, 5) is 32.3. The zero-order chi connectivity index (χ0) is 13.2. The number of hydrogen-bond donors (Lipinski definition) is 1. The monoisotopic (exact) mass is 257 g/mol. The maximum absolute atomic E-state index is 12.5. The zero-order valence-electron chi connectivity index (χ0n) is 10.6. The summed E-state index contributed by atoms with van der Waals surface area (Å²) in [5.41, 5.74) is 0.447. The van der Waals surface area contributed by atoms with Crippen LogP contribution in [-0.2, 0) is 0 Å². The highest BCUT2D eigenvalue weighted by Crippen LogP contribution is 2.17. The molecule has 0 radical (unpaired) electrons. The van der Waals surface area contributed by atoms with Crippen molar-refractivity contribution in [2.24, 2.45) is 0 Å². The van der Waals surface area contributed by atoms with Crippen molar-refractivity contribution in [1.29, 1.82) is 0 Å². The third kappa shape index (κ3) is 2.23. The molecule has 0 unspecified atom stereocenters. The molecule has 5 heteroatoms. The van der Waals surface area contributed by atoms with Crippen LogP contribution in [0.25, 0.3) is 10.9 Å². The lowest BCUT2D eigenvalue weighted by Gasteiger charge is -2.26. The molecule has 5 nitrogen and oxygen atoms in total. The molecule has 3 rings (SSSR count). The van der Waals surface area contributed by atoms with Crippen molar-refractivity contribution in [2.45, 2.75) is 19.3 Å². The topological polar surface area (TPSA) is 66.1 Å². The first-order chi connectivity index (χ1) is 9.25. The molecule has 1 amide bonds. The third-order valence-electron chi connectivity index (χ3n) is 3.48. The highest BCUT2D eigenvalue weighted by atomic mass is 16.2. The molecule has 0 bridgehead atoms. The number of hydrogen-bond acceptors (Lipinski definition) is 3. The van der Waals surface area contributed by atoms with E-state index in [1.54, 1.807) is 11.0 Å². The molecule has 0 saturated carbocycles. The van der Waals surface area contributed by atoms with Gasteiger partial charge >= 0.3 is 5.69 Å². The van der Waals surface area contributed by atoms with Gasteiger partial charge in [-0.2, -0.15) is 4.98 Å². The number of carbonyl (C=O) groups is 1. The second kappa shape index (κ2) is 4.84. The Bertz CT molecular complexity index is 672. The molecule has 0 spiro atoms. The Balaban J connectivity index is 2.08. The van der Waals surface area contributed by atoms with E-state index < -0.39 is 5.69 Å². The van der Waals surface area contributed by atoms with Crippen LogP contribution in [0.1, 0.15) is 29.8 Å². The Morgan fingerprint density at radius 1 is 1.16 bits per heavy atom. The number of fused-ring (bicyclic) bond motifs is 1. The van der Waals surface area contributed by atoms with Crippen molar-refractivity contribution >= 4 is 16.8 Å². The van der Waals surface area contributed by atoms with Gasteiger partial charge in [0.15, 0.2) is 0 Å². The van der Waals surface area contributed by atoms with Crippen LogP contribution in [0.2, 0.25) is 0 Å². The molecule has 1 aromatic carbocycles. The summed E-state index contributed by atoms with van der Waals surface area (Å²) in [6.45, 7) is 1.50. The Hall–Kier alpha value is -2.17. The number of nitrogens with one attached hydrogen (secondary N) is 1. The molecule has 1 N–H and O–H groups in total.